The van der Waals surface area contributed by atoms with Crippen LogP contribution in [0, 0.1) is 34.6 Å². The van der Waals surface area contributed by atoms with Gasteiger partial charge in [0.2, 0.25) is 6.08 Å². The minimum atomic E-state index is -1.88. The van der Waals surface area contributed by atoms with Crippen molar-refractivity contribution in [2.45, 2.75) is 203 Å². The van der Waals surface area contributed by atoms with Gasteiger partial charge in [0.1, 0.15) is 45.2 Å². The van der Waals surface area contributed by atoms with Crippen molar-refractivity contribution in [3.63, 3.8) is 0 Å². The molecule has 2 N–H and O–H groups in total. The number of isocyanates is 1. The fraction of sp³-hybridized carbons (Fsp3) is 0.828. The first-order valence-corrected chi connectivity index (χ1v) is 30.0. The van der Waals surface area contributed by atoms with Crippen LogP contribution in [-0.2, 0) is 71.1 Å². The van der Waals surface area contributed by atoms with Crippen LogP contribution in [0.5, 0.6) is 0 Å². The van der Waals surface area contributed by atoms with E-state index in [1.807, 2.05) is 0 Å². The highest BCUT2D eigenvalue weighted by molar-refractivity contribution is 6.74. The number of ether oxygens (including phenoxy) is 8. The van der Waals surface area contributed by atoms with Crippen LogP contribution in [0.1, 0.15) is 154 Å². The maximum Gasteiger partial charge on any atom is 0.438 e. The maximum absolute atomic E-state index is 11.9. The lowest BCUT2D eigenvalue weighted by atomic mass is 10.2. The zero-order valence-corrected chi connectivity index (χ0v) is 47.7. The van der Waals surface area contributed by atoms with Crippen molar-refractivity contribution < 1.29 is 80.7 Å². The predicted molar refractivity (Wildman–Crippen MR) is 344 cm³/mol. The Bertz CT molecular complexity index is 1440. The first-order chi connectivity index (χ1) is 34.8. The van der Waals surface area contributed by atoms with E-state index in [-0.39, 0.29) is 156 Å². The Labute approximate surface area is 511 Å². The van der Waals surface area contributed by atoms with Crippen molar-refractivity contribution in [1.29, 1.82) is 15.8 Å². The Kier molecular flexibility index (Phi) is 105. The molecule has 0 atom stereocenters. The van der Waals surface area contributed by atoms with Crippen LogP contribution in [0.3, 0.4) is 0 Å². The second kappa shape index (κ2) is 77.3. The molecule has 0 spiro atoms. The molecule has 2 amide bonds. The molecule has 0 rings (SSSR count). The van der Waals surface area contributed by atoms with Crippen molar-refractivity contribution in [2.24, 2.45) is 4.99 Å². The lowest BCUT2D eigenvalue weighted by Crippen LogP contribution is -2.42. The molecule has 0 aliphatic carbocycles. The Morgan fingerprint density at radius 3 is 1.10 bits per heavy atom. The normalized spacial score (nSPS) is 9.70. The molecule has 23 nitrogen and oxygen atoms in total. The van der Waals surface area contributed by atoms with E-state index in [2.05, 4.69) is 124 Å². The highest BCUT2D eigenvalue weighted by Gasteiger charge is 2.37. The van der Waals surface area contributed by atoms with Gasteiger partial charge in [-0.25, -0.2) is 19.4 Å². The number of hydrogen-bond donors (Lipinski definition) is 2. The lowest BCUT2D eigenvalue weighted by Gasteiger charge is -2.36. The SMILES string of the molecule is C.C.C.C.C.C.C.C.C.C.C=C.C=C.CC(C)(C)[Si](C)(C)OCCOCC(COCCO[Si](C)(C)C(C)(C)C)OCCOCCOC(COOC(=O)NCCCCOC#N)COOC(=O)NCCCCOC#N.N#COCCCCN=C=O. The number of carbonyl (C=O) groups is 2. The smallest absolute Gasteiger partial charge is 0.428 e. The van der Waals surface area contributed by atoms with Gasteiger partial charge in [-0.15, -0.1) is 26.3 Å². The Hall–Kier alpha value is -4.66. The van der Waals surface area contributed by atoms with Gasteiger partial charge in [-0.2, -0.15) is 25.6 Å². The van der Waals surface area contributed by atoms with Crippen molar-refractivity contribution >= 4 is 34.9 Å². The van der Waals surface area contributed by atoms with E-state index in [0.29, 0.717) is 78.5 Å². The second-order valence-corrected chi connectivity index (χ2v) is 27.7. The molecule has 25 heteroatoms. The maximum atomic E-state index is 11.9. The summed E-state index contributed by atoms with van der Waals surface area (Å²) in [6.07, 6.45) is 7.13. The van der Waals surface area contributed by atoms with Crippen LogP contribution < -0.4 is 10.6 Å². The summed E-state index contributed by atoms with van der Waals surface area (Å²) in [5, 5.41) is 29.9. The van der Waals surface area contributed by atoms with Gasteiger partial charge in [-0.1, -0.05) is 116 Å². The number of hydrogen-bond acceptors (Lipinski definition) is 21. The second-order valence-electron chi connectivity index (χ2n) is 18.0. The third-order valence-corrected chi connectivity index (χ3v) is 19.5. The molecule has 0 bridgehead atoms. The van der Waals surface area contributed by atoms with E-state index in [1.54, 1.807) is 18.8 Å². The summed E-state index contributed by atoms with van der Waals surface area (Å²) < 4.78 is 55.4. The Morgan fingerprint density at radius 1 is 0.470 bits per heavy atom. The van der Waals surface area contributed by atoms with E-state index < -0.39 is 34.9 Å². The summed E-state index contributed by atoms with van der Waals surface area (Å²) in [6, 6.07) is 0. The molecule has 0 saturated heterocycles. The number of nitrogens with one attached hydrogen (secondary N) is 2. The molecular formula is C58H130N6O17Si2. The van der Waals surface area contributed by atoms with Gasteiger partial charge in [0, 0.05) is 13.1 Å². The van der Waals surface area contributed by atoms with E-state index in [9.17, 15) is 14.4 Å². The summed E-state index contributed by atoms with van der Waals surface area (Å²) in [6.45, 7) is 38.9. The molecule has 0 aromatic rings. The monoisotopic (exact) mass is 1240 g/mol. The highest BCUT2D eigenvalue weighted by atomic mass is 28.4. The van der Waals surface area contributed by atoms with Gasteiger partial charge in [-0.05, 0) is 74.8 Å². The van der Waals surface area contributed by atoms with E-state index in [4.69, 9.17) is 67.9 Å². The van der Waals surface area contributed by atoms with Crippen molar-refractivity contribution in [3.05, 3.63) is 26.3 Å². The van der Waals surface area contributed by atoms with Crippen LogP contribution in [0.2, 0.25) is 36.3 Å². The lowest BCUT2D eigenvalue weighted by molar-refractivity contribution is -0.289. The van der Waals surface area contributed by atoms with Crippen molar-refractivity contribution in [3.8, 4) is 18.8 Å². The van der Waals surface area contributed by atoms with Crippen molar-refractivity contribution in [2.75, 3.05) is 119 Å². The van der Waals surface area contributed by atoms with Crippen LogP contribution >= 0.6 is 0 Å². The van der Waals surface area contributed by atoms with Gasteiger partial charge < -0.3 is 57.4 Å². The molecule has 0 aliphatic heterocycles. The number of amides is 2. The van der Waals surface area contributed by atoms with Gasteiger partial charge >= 0.3 is 12.2 Å². The summed E-state index contributed by atoms with van der Waals surface area (Å²) in [5.41, 5.74) is 0. The van der Waals surface area contributed by atoms with Crippen LogP contribution in [0.25, 0.3) is 0 Å². The molecule has 0 saturated carbocycles. The first-order valence-electron chi connectivity index (χ1n) is 24.2. The topological polar surface area (TPSA) is 288 Å². The summed E-state index contributed by atoms with van der Waals surface area (Å²) in [4.78, 5) is 56.3. The predicted octanol–water partition coefficient (Wildman–Crippen LogP) is 14.3. The van der Waals surface area contributed by atoms with E-state index in [1.165, 1.54) is 6.08 Å². The molecule has 0 heterocycles. The van der Waals surface area contributed by atoms with Gasteiger partial charge in [-0.3, -0.25) is 9.78 Å². The highest BCUT2D eigenvalue weighted by Crippen LogP contribution is 2.37. The minimum absolute atomic E-state index is 0. The molecule has 0 radical (unpaired) electrons. The average molecular weight is 1240 g/mol. The quantitative estimate of drug-likeness (QED) is 0.00840. The Morgan fingerprint density at radius 2 is 0.783 bits per heavy atom. The standard InChI is InChI=1S/C38H74N4O15Si2.C6H8N2O2.2C2H4.10CH4/c1-37(2,3)58(7,8)54-25-21-46-27-33(28-47-22-26-55-59(9,10)38(4,5)6)50-23-19-45-20-24-51-34(29-52-56-35(43)41-15-11-13-17-48-31-39)30-53-57-36(44)42-16-12-14-18-49-32-40;7-5-10-4-2-1-3-8-6-9;2*1-2;;;;;;;;;;/h33-34H,11-30H2,1-10H3,(H,41,43)(H,42,44);1-4H2;2*1-2H2;10*1H4. The molecule has 502 valence electrons. The molecule has 0 unspecified atom stereocenters. The summed E-state index contributed by atoms with van der Waals surface area (Å²) in [7, 11) is -3.76. The molecule has 0 aliphatic rings. The zero-order valence-electron chi connectivity index (χ0n) is 45.7. The third kappa shape index (κ3) is 75.3. The molecule has 0 fully saturated rings. The van der Waals surface area contributed by atoms with Gasteiger partial charge in [0.05, 0.1) is 72.6 Å². The van der Waals surface area contributed by atoms with Gasteiger partial charge in [0.15, 0.2) is 16.6 Å². The fourth-order valence-electron chi connectivity index (χ4n) is 4.43. The zero-order chi connectivity index (χ0) is 56.1. The molecular weight excluding hydrogens is 1110 g/mol. The number of rotatable bonds is 41. The van der Waals surface area contributed by atoms with Crippen LogP contribution in [0.4, 0.5) is 9.59 Å². The van der Waals surface area contributed by atoms with Gasteiger partial charge in [0.25, 0.3) is 18.8 Å². The van der Waals surface area contributed by atoms with Crippen molar-refractivity contribution in [1.82, 2.24) is 10.6 Å². The molecule has 0 aromatic carbocycles. The summed E-state index contributed by atoms with van der Waals surface area (Å²) >= 11 is 0. The fourth-order valence-corrected chi connectivity index (χ4v) is 6.48. The Balaban J connectivity index is -0.000000147. The van der Waals surface area contributed by atoms with E-state index in [0.717, 1.165) is 12.8 Å². The minimum Gasteiger partial charge on any atom is -0.428 e. The third-order valence-electron chi connectivity index (χ3n) is 10.5. The molecule has 83 heavy (non-hydrogen) atoms. The largest absolute Gasteiger partial charge is 0.438 e. The number of carbonyl (C=O) groups excluding carboxylic acids is 3. The van der Waals surface area contributed by atoms with E-state index >= 15 is 0 Å². The molecule has 0 aromatic heterocycles. The number of nitrogens with zero attached hydrogens (tertiary/aromatic N) is 4. The first kappa shape index (κ1) is 113. The van der Waals surface area contributed by atoms with Crippen LogP contribution in [0.15, 0.2) is 31.3 Å². The number of nitriles is 3. The summed E-state index contributed by atoms with van der Waals surface area (Å²) in [5.74, 6) is 0. The average Bonchev–Trinajstić information content (AvgIpc) is 3.34. The van der Waals surface area contributed by atoms with Crippen LogP contribution in [-0.4, -0.2) is 166 Å². The number of unbranched alkanes of at least 4 members (excludes halogenated alkanes) is 3. The number of aliphatic imine (C=N–C) groups is 1.